The standard InChI is InChI=1S/C42H57ClN6O8/c1-28-24-29(25-34(43)39(28)52)26-36(57-42(55)48-21-13-33(14-22-48)49-23-12-32-6-4-5-7-35(32)44-41(49)54)40(53)47-19-10-31(11-20-47)30-8-16-46(17-9-30)18-15-38(51)56-27-37(50)45(2)3/h4-7,24-25,30-31,33,36,52H,8-23,26-27H2,1-3H3,(H,44,54)/t36-/m1/s1. The number of benzene rings is 2. The van der Waals surface area contributed by atoms with E-state index in [1.165, 1.54) is 4.90 Å². The Hall–Kier alpha value is -4.56. The molecule has 15 heteroatoms. The average molecular weight is 809 g/mol. The molecule has 2 N–H and O–H groups in total. The zero-order valence-corrected chi connectivity index (χ0v) is 34.2. The number of ether oxygens (including phenoxy) is 2. The summed E-state index contributed by atoms with van der Waals surface area (Å²) in [5, 5.41) is 13.5. The van der Waals surface area contributed by atoms with Crippen molar-refractivity contribution in [2.24, 2.45) is 11.8 Å². The monoisotopic (exact) mass is 808 g/mol. The molecule has 5 amide bonds. The molecule has 4 heterocycles. The maximum Gasteiger partial charge on any atom is 0.410 e. The number of hydrogen-bond donors (Lipinski definition) is 2. The number of nitrogens with one attached hydrogen (secondary N) is 1. The Balaban J connectivity index is 1.00. The normalized spacial score (nSPS) is 19.3. The van der Waals surface area contributed by atoms with E-state index >= 15 is 0 Å². The third-order valence-electron chi connectivity index (χ3n) is 12.2. The molecule has 0 spiro atoms. The van der Waals surface area contributed by atoms with E-state index in [0.717, 1.165) is 56.4 Å². The minimum Gasteiger partial charge on any atom is -0.506 e. The summed E-state index contributed by atoms with van der Waals surface area (Å²) in [4.78, 5) is 73.9. The van der Waals surface area contributed by atoms with Crippen LogP contribution < -0.4 is 5.32 Å². The quantitative estimate of drug-likeness (QED) is 0.301. The van der Waals surface area contributed by atoms with Gasteiger partial charge in [-0.15, -0.1) is 0 Å². The number of likely N-dealkylation sites (tertiary alicyclic amines) is 3. The molecule has 1 atom stereocenters. The fraction of sp³-hybridized carbons (Fsp3) is 0.595. The zero-order chi connectivity index (χ0) is 40.6. The fourth-order valence-electron chi connectivity index (χ4n) is 8.65. The summed E-state index contributed by atoms with van der Waals surface area (Å²) in [6, 6.07) is 11.1. The number of anilines is 1. The lowest BCUT2D eigenvalue weighted by Crippen LogP contribution is -2.52. The Bertz CT molecular complexity index is 1750. The van der Waals surface area contributed by atoms with Crippen LogP contribution in [-0.4, -0.2) is 145 Å². The first-order valence-electron chi connectivity index (χ1n) is 20.3. The van der Waals surface area contributed by atoms with Crippen LogP contribution in [0.4, 0.5) is 15.3 Å². The van der Waals surface area contributed by atoms with E-state index < -0.39 is 12.2 Å². The van der Waals surface area contributed by atoms with E-state index in [2.05, 4.69) is 10.2 Å². The molecule has 3 saturated heterocycles. The third kappa shape index (κ3) is 10.9. The van der Waals surface area contributed by atoms with Gasteiger partial charge in [0.25, 0.3) is 11.8 Å². The third-order valence-corrected chi connectivity index (χ3v) is 12.5. The van der Waals surface area contributed by atoms with Crippen molar-refractivity contribution < 1.29 is 38.6 Å². The molecule has 3 fully saturated rings. The van der Waals surface area contributed by atoms with E-state index in [-0.39, 0.29) is 60.1 Å². The number of aromatic hydroxyl groups is 1. The summed E-state index contributed by atoms with van der Waals surface area (Å²) in [7, 11) is 3.25. The van der Waals surface area contributed by atoms with Crippen molar-refractivity contribution in [2.45, 2.75) is 76.9 Å². The molecule has 310 valence electrons. The highest BCUT2D eigenvalue weighted by molar-refractivity contribution is 6.32. The molecule has 2 aromatic carbocycles. The number of nitrogens with zero attached hydrogens (tertiary/aromatic N) is 5. The van der Waals surface area contributed by atoms with Gasteiger partial charge in [0.2, 0.25) is 0 Å². The van der Waals surface area contributed by atoms with Crippen LogP contribution in [0.1, 0.15) is 61.6 Å². The Morgan fingerprint density at radius 1 is 0.912 bits per heavy atom. The number of aryl methyl sites for hydroxylation is 1. The highest BCUT2D eigenvalue weighted by Crippen LogP contribution is 2.34. The second-order valence-corrected chi connectivity index (χ2v) is 16.5. The number of hydrogen-bond acceptors (Lipinski definition) is 9. The number of carbonyl (C=O) groups excluding carboxylic acids is 5. The van der Waals surface area contributed by atoms with Crippen molar-refractivity contribution in [1.29, 1.82) is 0 Å². The van der Waals surface area contributed by atoms with Gasteiger partial charge < -0.3 is 44.4 Å². The van der Waals surface area contributed by atoms with E-state index in [1.54, 1.807) is 38.1 Å². The highest BCUT2D eigenvalue weighted by atomic mass is 35.5. The predicted octanol–water partition coefficient (Wildman–Crippen LogP) is 4.93. The van der Waals surface area contributed by atoms with Crippen LogP contribution in [0.5, 0.6) is 5.75 Å². The molecular weight excluding hydrogens is 752 g/mol. The van der Waals surface area contributed by atoms with Gasteiger partial charge in [0.15, 0.2) is 12.7 Å². The van der Waals surface area contributed by atoms with Gasteiger partial charge in [-0.1, -0.05) is 35.9 Å². The zero-order valence-electron chi connectivity index (χ0n) is 33.4. The van der Waals surface area contributed by atoms with Gasteiger partial charge in [-0.25, -0.2) is 9.59 Å². The number of halogens is 1. The van der Waals surface area contributed by atoms with Crippen molar-refractivity contribution >= 4 is 47.2 Å². The summed E-state index contributed by atoms with van der Waals surface area (Å²) in [5.74, 6) is 0.123. The van der Waals surface area contributed by atoms with Gasteiger partial charge in [0, 0.05) is 71.5 Å². The van der Waals surface area contributed by atoms with Crippen molar-refractivity contribution in [3.05, 3.63) is 58.1 Å². The first kappa shape index (κ1) is 42.1. The van der Waals surface area contributed by atoms with Crippen LogP contribution in [0.25, 0.3) is 0 Å². The second-order valence-electron chi connectivity index (χ2n) is 16.1. The van der Waals surface area contributed by atoms with Gasteiger partial charge in [-0.05, 0) is 106 Å². The molecule has 0 radical (unpaired) electrons. The topological polar surface area (TPSA) is 152 Å². The van der Waals surface area contributed by atoms with Crippen LogP contribution in [0.15, 0.2) is 36.4 Å². The summed E-state index contributed by atoms with van der Waals surface area (Å²) in [6.45, 7) is 6.40. The molecular formula is C42H57ClN6O8. The van der Waals surface area contributed by atoms with Crippen molar-refractivity contribution in [1.82, 2.24) is 24.5 Å². The number of phenols is 1. The molecule has 4 aliphatic rings. The molecule has 0 unspecified atom stereocenters. The number of carbonyl (C=O) groups is 5. The lowest BCUT2D eigenvalue weighted by atomic mass is 9.78. The van der Waals surface area contributed by atoms with Crippen LogP contribution >= 0.6 is 11.6 Å². The van der Waals surface area contributed by atoms with Crippen LogP contribution in [0.2, 0.25) is 5.02 Å². The lowest BCUT2D eigenvalue weighted by Gasteiger charge is -2.41. The number of fused-ring (bicyclic) bond motifs is 1. The summed E-state index contributed by atoms with van der Waals surface area (Å²) in [5.41, 5.74) is 3.19. The summed E-state index contributed by atoms with van der Waals surface area (Å²) >= 11 is 6.32. The molecule has 57 heavy (non-hydrogen) atoms. The number of urea groups is 1. The molecule has 2 aromatic rings. The number of esters is 1. The average Bonchev–Trinajstić information content (AvgIpc) is 3.38. The molecule has 0 bridgehead atoms. The molecule has 0 aliphatic carbocycles. The summed E-state index contributed by atoms with van der Waals surface area (Å²) in [6.07, 6.45) is 4.43. The van der Waals surface area contributed by atoms with E-state index in [0.29, 0.717) is 75.1 Å². The van der Waals surface area contributed by atoms with Gasteiger partial charge in [0.1, 0.15) is 5.75 Å². The van der Waals surface area contributed by atoms with Crippen molar-refractivity contribution in [3.8, 4) is 5.75 Å². The molecule has 0 aromatic heterocycles. The van der Waals surface area contributed by atoms with Crippen molar-refractivity contribution in [3.63, 3.8) is 0 Å². The Morgan fingerprint density at radius 3 is 2.23 bits per heavy atom. The maximum atomic E-state index is 14.2. The molecule has 6 rings (SSSR count). The molecule has 4 aliphatic heterocycles. The van der Waals surface area contributed by atoms with E-state index in [1.807, 2.05) is 34.1 Å². The van der Waals surface area contributed by atoms with Gasteiger partial charge in [-0.2, -0.15) is 0 Å². The lowest BCUT2D eigenvalue weighted by molar-refractivity contribution is -0.151. The van der Waals surface area contributed by atoms with Gasteiger partial charge >= 0.3 is 18.1 Å². The van der Waals surface area contributed by atoms with Crippen LogP contribution in [0.3, 0.4) is 0 Å². The Labute approximate surface area is 340 Å². The first-order chi connectivity index (χ1) is 27.4. The number of rotatable bonds is 11. The maximum absolute atomic E-state index is 14.2. The van der Waals surface area contributed by atoms with E-state index in [4.69, 9.17) is 21.1 Å². The number of amides is 5. The number of likely N-dealkylation sites (N-methyl/N-ethyl adjacent to an activating group) is 1. The Kier molecular flexibility index (Phi) is 14.2. The molecule has 14 nitrogen and oxygen atoms in total. The Morgan fingerprint density at radius 2 is 1.56 bits per heavy atom. The number of phenolic OH excluding ortho intramolecular Hbond substituents is 1. The largest absolute Gasteiger partial charge is 0.506 e. The number of piperidine rings is 3. The molecule has 0 saturated carbocycles. The minimum absolute atomic E-state index is 0.0196. The van der Waals surface area contributed by atoms with Gasteiger partial charge in [-0.3, -0.25) is 14.4 Å². The fourth-order valence-corrected chi connectivity index (χ4v) is 8.94. The SMILES string of the molecule is Cc1cc(C[C@@H](OC(=O)N2CCC(N3CCc4ccccc4NC3=O)CC2)C(=O)N2CCC(C3CCN(CCC(=O)OCC(=O)N(C)C)CC3)CC2)cc(Cl)c1O. The predicted molar refractivity (Wildman–Crippen MR) is 215 cm³/mol. The summed E-state index contributed by atoms with van der Waals surface area (Å²) < 4.78 is 11.2. The first-order valence-corrected chi connectivity index (χ1v) is 20.7. The van der Waals surface area contributed by atoms with Crippen molar-refractivity contribution in [2.75, 3.05) is 78.4 Å². The van der Waals surface area contributed by atoms with Crippen LogP contribution in [0, 0.1) is 18.8 Å². The van der Waals surface area contributed by atoms with Crippen LogP contribution in [-0.2, 0) is 36.7 Å². The number of para-hydroxylation sites is 1. The second kappa shape index (κ2) is 19.3. The minimum atomic E-state index is -1.07. The van der Waals surface area contributed by atoms with E-state index in [9.17, 15) is 29.1 Å². The smallest absolute Gasteiger partial charge is 0.410 e. The van der Waals surface area contributed by atoms with Gasteiger partial charge in [0.05, 0.1) is 11.4 Å². The highest BCUT2D eigenvalue weighted by Gasteiger charge is 2.37.